The third kappa shape index (κ3) is 4.19. The number of carbonyl (C=O) groups excluding carboxylic acids is 3. The van der Waals surface area contributed by atoms with Crippen LogP contribution >= 0.6 is 0 Å². The Balaban J connectivity index is 1.87. The lowest BCUT2D eigenvalue weighted by Crippen LogP contribution is -2.48. The maximum Gasteiger partial charge on any atom is 0.226 e. The zero-order chi connectivity index (χ0) is 15.4. The van der Waals surface area contributed by atoms with E-state index < -0.39 is 0 Å². The SMILES string of the molecule is CC(=O)NC[C@@H]1CCCN(C(=O)[C@H]2CCN(C)C(=O)C2)C1. The Morgan fingerprint density at radius 3 is 2.71 bits per heavy atom. The van der Waals surface area contributed by atoms with Crippen LogP contribution in [0, 0.1) is 11.8 Å². The van der Waals surface area contributed by atoms with E-state index in [1.54, 1.807) is 11.9 Å². The average Bonchev–Trinajstić information content (AvgIpc) is 2.47. The zero-order valence-electron chi connectivity index (χ0n) is 12.9. The van der Waals surface area contributed by atoms with Gasteiger partial charge in [-0.25, -0.2) is 0 Å². The van der Waals surface area contributed by atoms with Crippen molar-refractivity contribution in [2.24, 2.45) is 11.8 Å². The summed E-state index contributed by atoms with van der Waals surface area (Å²) in [6, 6.07) is 0. The van der Waals surface area contributed by atoms with E-state index in [0.717, 1.165) is 25.8 Å². The van der Waals surface area contributed by atoms with E-state index in [9.17, 15) is 14.4 Å². The van der Waals surface area contributed by atoms with Gasteiger partial charge in [-0.1, -0.05) is 0 Å². The van der Waals surface area contributed by atoms with Gasteiger partial charge in [-0.15, -0.1) is 0 Å². The smallest absolute Gasteiger partial charge is 0.226 e. The number of amides is 3. The molecule has 3 amide bonds. The number of nitrogens with one attached hydrogen (secondary N) is 1. The van der Waals surface area contributed by atoms with E-state index in [2.05, 4.69) is 5.32 Å². The Morgan fingerprint density at radius 2 is 2.05 bits per heavy atom. The van der Waals surface area contributed by atoms with Crippen LogP contribution in [0.25, 0.3) is 0 Å². The van der Waals surface area contributed by atoms with Crippen molar-refractivity contribution < 1.29 is 14.4 Å². The number of hydrogen-bond acceptors (Lipinski definition) is 3. The second kappa shape index (κ2) is 6.91. The third-order valence-corrected chi connectivity index (χ3v) is 4.48. The molecule has 0 aliphatic carbocycles. The Bertz CT molecular complexity index is 424. The van der Waals surface area contributed by atoms with E-state index in [-0.39, 0.29) is 23.6 Å². The molecule has 2 aliphatic heterocycles. The molecule has 6 heteroatoms. The normalized spacial score (nSPS) is 26.7. The summed E-state index contributed by atoms with van der Waals surface area (Å²) in [7, 11) is 1.79. The van der Waals surface area contributed by atoms with Crippen LogP contribution in [0.4, 0.5) is 0 Å². The van der Waals surface area contributed by atoms with Crippen molar-refractivity contribution in [3.8, 4) is 0 Å². The molecule has 0 aromatic heterocycles. The van der Waals surface area contributed by atoms with Gasteiger partial charge < -0.3 is 15.1 Å². The van der Waals surface area contributed by atoms with Crippen molar-refractivity contribution in [2.75, 3.05) is 33.2 Å². The molecule has 2 rings (SSSR count). The summed E-state index contributed by atoms with van der Waals surface area (Å²) in [6.07, 6.45) is 3.10. The van der Waals surface area contributed by atoms with Crippen LogP contribution in [0.15, 0.2) is 0 Å². The van der Waals surface area contributed by atoms with Gasteiger partial charge in [0.2, 0.25) is 17.7 Å². The van der Waals surface area contributed by atoms with Gasteiger partial charge in [0.25, 0.3) is 0 Å². The Kier molecular flexibility index (Phi) is 5.20. The Hall–Kier alpha value is -1.59. The molecule has 2 aliphatic rings. The minimum atomic E-state index is -0.159. The molecular weight excluding hydrogens is 270 g/mol. The molecule has 0 saturated carbocycles. The number of rotatable bonds is 3. The second-order valence-electron chi connectivity index (χ2n) is 6.23. The first kappa shape index (κ1) is 15.8. The van der Waals surface area contributed by atoms with Crippen molar-refractivity contribution in [3.05, 3.63) is 0 Å². The summed E-state index contributed by atoms with van der Waals surface area (Å²) in [5.74, 6) is 0.316. The summed E-state index contributed by atoms with van der Waals surface area (Å²) in [5, 5.41) is 2.83. The third-order valence-electron chi connectivity index (χ3n) is 4.48. The predicted octanol–water partition coefficient (Wildman–Crippen LogP) is 0.230. The highest BCUT2D eigenvalue weighted by atomic mass is 16.2. The van der Waals surface area contributed by atoms with Gasteiger partial charge in [0.05, 0.1) is 0 Å². The standard InChI is InChI=1S/C15H25N3O3/c1-11(19)16-9-12-4-3-6-18(10-12)15(21)13-5-7-17(2)14(20)8-13/h12-13H,3-10H2,1-2H3,(H,16,19)/t12-,13-/m0/s1. The van der Waals surface area contributed by atoms with E-state index in [1.165, 1.54) is 6.92 Å². The molecule has 6 nitrogen and oxygen atoms in total. The van der Waals surface area contributed by atoms with E-state index in [4.69, 9.17) is 0 Å². The van der Waals surface area contributed by atoms with E-state index in [1.807, 2.05) is 4.90 Å². The molecule has 0 unspecified atom stereocenters. The second-order valence-corrected chi connectivity index (χ2v) is 6.23. The summed E-state index contributed by atoms with van der Waals surface area (Å²) in [5.41, 5.74) is 0. The molecule has 118 valence electrons. The average molecular weight is 295 g/mol. The quantitative estimate of drug-likeness (QED) is 0.810. The fraction of sp³-hybridized carbons (Fsp3) is 0.800. The highest BCUT2D eigenvalue weighted by molar-refractivity contribution is 5.87. The fourth-order valence-corrected chi connectivity index (χ4v) is 3.13. The summed E-state index contributed by atoms with van der Waals surface area (Å²) in [6.45, 7) is 4.27. The molecule has 1 N–H and O–H groups in total. The van der Waals surface area contributed by atoms with Gasteiger partial charge in [0.1, 0.15) is 0 Å². The number of likely N-dealkylation sites (tertiary alicyclic amines) is 2. The first-order chi connectivity index (χ1) is 9.97. The van der Waals surface area contributed by atoms with Gasteiger partial charge >= 0.3 is 0 Å². The van der Waals surface area contributed by atoms with Crippen LogP contribution in [-0.4, -0.2) is 60.7 Å². The zero-order valence-corrected chi connectivity index (χ0v) is 12.9. The molecule has 0 aromatic rings. The lowest BCUT2D eigenvalue weighted by Gasteiger charge is -2.37. The van der Waals surface area contributed by atoms with Crippen LogP contribution in [-0.2, 0) is 14.4 Å². The number of carbonyl (C=O) groups is 3. The minimum absolute atomic E-state index is 0.0284. The monoisotopic (exact) mass is 295 g/mol. The maximum atomic E-state index is 12.6. The summed E-state index contributed by atoms with van der Waals surface area (Å²) in [4.78, 5) is 38.9. The van der Waals surface area contributed by atoms with Crippen LogP contribution < -0.4 is 5.32 Å². The number of piperidine rings is 2. The van der Waals surface area contributed by atoms with Crippen LogP contribution in [0.3, 0.4) is 0 Å². The van der Waals surface area contributed by atoms with Crippen LogP contribution in [0.2, 0.25) is 0 Å². The Labute approximate surface area is 125 Å². The molecule has 0 radical (unpaired) electrons. The maximum absolute atomic E-state index is 12.6. The Morgan fingerprint density at radius 1 is 1.29 bits per heavy atom. The largest absolute Gasteiger partial charge is 0.356 e. The van der Waals surface area contributed by atoms with Gasteiger partial charge in [-0.2, -0.15) is 0 Å². The van der Waals surface area contributed by atoms with Crippen molar-refractivity contribution in [1.29, 1.82) is 0 Å². The molecule has 2 saturated heterocycles. The lowest BCUT2D eigenvalue weighted by atomic mass is 9.92. The van der Waals surface area contributed by atoms with Gasteiger partial charge in [-0.05, 0) is 25.2 Å². The molecule has 2 heterocycles. The molecular formula is C15H25N3O3. The summed E-state index contributed by atoms with van der Waals surface area (Å²) >= 11 is 0. The minimum Gasteiger partial charge on any atom is -0.356 e. The van der Waals surface area contributed by atoms with Gasteiger partial charge in [0, 0.05) is 52.5 Å². The number of hydrogen-bond donors (Lipinski definition) is 1. The van der Waals surface area contributed by atoms with Crippen molar-refractivity contribution >= 4 is 17.7 Å². The van der Waals surface area contributed by atoms with E-state index >= 15 is 0 Å². The van der Waals surface area contributed by atoms with Crippen molar-refractivity contribution in [3.63, 3.8) is 0 Å². The predicted molar refractivity (Wildman–Crippen MR) is 78.3 cm³/mol. The number of nitrogens with zero attached hydrogens (tertiary/aromatic N) is 2. The first-order valence-corrected chi connectivity index (χ1v) is 7.74. The van der Waals surface area contributed by atoms with Crippen molar-refractivity contribution in [2.45, 2.75) is 32.6 Å². The first-order valence-electron chi connectivity index (χ1n) is 7.74. The summed E-state index contributed by atoms with van der Waals surface area (Å²) < 4.78 is 0. The fourth-order valence-electron chi connectivity index (χ4n) is 3.13. The molecule has 0 spiro atoms. The highest BCUT2D eigenvalue weighted by Crippen LogP contribution is 2.23. The molecule has 21 heavy (non-hydrogen) atoms. The van der Waals surface area contributed by atoms with E-state index in [0.29, 0.717) is 32.0 Å². The van der Waals surface area contributed by atoms with Crippen LogP contribution in [0.5, 0.6) is 0 Å². The topological polar surface area (TPSA) is 69.7 Å². The van der Waals surface area contributed by atoms with Gasteiger partial charge in [0.15, 0.2) is 0 Å². The molecule has 0 bridgehead atoms. The lowest BCUT2D eigenvalue weighted by molar-refractivity contribution is -0.145. The van der Waals surface area contributed by atoms with Crippen molar-refractivity contribution in [1.82, 2.24) is 15.1 Å². The molecule has 2 atom stereocenters. The van der Waals surface area contributed by atoms with Crippen LogP contribution in [0.1, 0.15) is 32.6 Å². The molecule has 0 aromatic carbocycles. The highest BCUT2D eigenvalue weighted by Gasteiger charge is 2.33. The molecule has 2 fully saturated rings. The van der Waals surface area contributed by atoms with Gasteiger partial charge in [-0.3, -0.25) is 14.4 Å².